The van der Waals surface area contributed by atoms with Crippen molar-refractivity contribution in [3.05, 3.63) is 12.2 Å². The average molecular weight is 221 g/mol. The second-order valence-electron chi connectivity index (χ2n) is 3.87. The summed E-state index contributed by atoms with van der Waals surface area (Å²) in [6.07, 6.45) is 2.45. The molecule has 1 unspecified atom stereocenters. The van der Waals surface area contributed by atoms with Gasteiger partial charge in [0.1, 0.15) is 11.7 Å². The Morgan fingerprint density at radius 3 is 2.50 bits per heavy atom. The lowest BCUT2D eigenvalue weighted by atomic mass is 10.2. The Bertz CT molecular complexity index is 206. The standard InChI is InChI=1S/C10H17ClO3/c1-8(6-5-7-11)13-9(12)14-10(2,3)4/h5-6,8H,7H2,1-4H3/b6-5+. The highest BCUT2D eigenvalue weighted by molar-refractivity contribution is 6.18. The summed E-state index contributed by atoms with van der Waals surface area (Å²) in [5, 5.41) is 0. The molecule has 1 atom stereocenters. The Kier molecular flexibility index (Phi) is 5.62. The van der Waals surface area contributed by atoms with Crippen molar-refractivity contribution in [1.29, 1.82) is 0 Å². The molecule has 0 N–H and O–H groups in total. The second-order valence-corrected chi connectivity index (χ2v) is 4.18. The van der Waals surface area contributed by atoms with Gasteiger partial charge in [0.05, 0.1) is 0 Å². The Morgan fingerprint density at radius 1 is 1.50 bits per heavy atom. The molecule has 0 aromatic carbocycles. The van der Waals surface area contributed by atoms with Crippen LogP contribution in [0.2, 0.25) is 0 Å². The summed E-state index contributed by atoms with van der Waals surface area (Å²) in [6, 6.07) is 0. The predicted octanol–water partition coefficient (Wildman–Crippen LogP) is 3.12. The maximum Gasteiger partial charge on any atom is 0.509 e. The Balaban J connectivity index is 3.89. The number of ether oxygens (including phenoxy) is 2. The number of hydrogen-bond acceptors (Lipinski definition) is 3. The first-order chi connectivity index (χ1) is 6.35. The van der Waals surface area contributed by atoms with Gasteiger partial charge in [0.2, 0.25) is 0 Å². The largest absolute Gasteiger partial charge is 0.509 e. The zero-order valence-corrected chi connectivity index (χ0v) is 9.80. The third-order valence-electron chi connectivity index (χ3n) is 1.17. The fourth-order valence-electron chi connectivity index (χ4n) is 0.708. The first-order valence-corrected chi connectivity index (χ1v) is 5.01. The summed E-state index contributed by atoms with van der Waals surface area (Å²) in [4.78, 5) is 11.1. The second kappa shape index (κ2) is 5.91. The molecule has 0 aromatic rings. The van der Waals surface area contributed by atoms with Gasteiger partial charge in [-0.25, -0.2) is 4.79 Å². The minimum absolute atomic E-state index is 0.316. The number of carbonyl (C=O) groups excluding carboxylic acids is 1. The van der Waals surface area contributed by atoms with E-state index in [0.29, 0.717) is 5.88 Å². The lowest BCUT2D eigenvalue weighted by molar-refractivity contribution is -0.0154. The van der Waals surface area contributed by atoms with Crippen molar-refractivity contribution in [3.8, 4) is 0 Å². The zero-order valence-electron chi connectivity index (χ0n) is 9.04. The summed E-state index contributed by atoms with van der Waals surface area (Å²) >= 11 is 5.43. The molecule has 0 bridgehead atoms. The van der Waals surface area contributed by atoms with Crippen LogP contribution in [0.4, 0.5) is 4.79 Å². The monoisotopic (exact) mass is 220 g/mol. The zero-order chi connectivity index (χ0) is 11.2. The van der Waals surface area contributed by atoms with Gasteiger partial charge in [0.25, 0.3) is 0 Å². The third-order valence-corrected chi connectivity index (χ3v) is 1.35. The molecule has 14 heavy (non-hydrogen) atoms. The minimum atomic E-state index is -0.663. The summed E-state index contributed by atoms with van der Waals surface area (Å²) in [6.45, 7) is 7.10. The van der Waals surface area contributed by atoms with E-state index >= 15 is 0 Å². The molecule has 0 rings (SSSR count). The van der Waals surface area contributed by atoms with E-state index in [9.17, 15) is 4.79 Å². The van der Waals surface area contributed by atoms with E-state index in [1.165, 1.54) is 0 Å². The third kappa shape index (κ3) is 7.92. The fourth-order valence-corrected chi connectivity index (χ4v) is 0.811. The lowest BCUT2D eigenvalue weighted by Crippen LogP contribution is -2.26. The molecule has 0 amide bonds. The van der Waals surface area contributed by atoms with Crippen molar-refractivity contribution in [2.75, 3.05) is 5.88 Å². The van der Waals surface area contributed by atoms with Crippen molar-refractivity contribution in [2.24, 2.45) is 0 Å². The van der Waals surface area contributed by atoms with Gasteiger partial charge in [-0.1, -0.05) is 6.08 Å². The van der Waals surface area contributed by atoms with Gasteiger partial charge in [-0.05, 0) is 33.8 Å². The highest BCUT2D eigenvalue weighted by atomic mass is 35.5. The van der Waals surface area contributed by atoms with Gasteiger partial charge in [-0.2, -0.15) is 0 Å². The van der Waals surface area contributed by atoms with Crippen LogP contribution >= 0.6 is 11.6 Å². The van der Waals surface area contributed by atoms with Gasteiger partial charge >= 0.3 is 6.16 Å². The smallest absolute Gasteiger partial charge is 0.429 e. The molecule has 4 heteroatoms. The normalized spacial score (nSPS) is 14.1. The minimum Gasteiger partial charge on any atom is -0.429 e. The van der Waals surface area contributed by atoms with Crippen molar-refractivity contribution >= 4 is 17.8 Å². The van der Waals surface area contributed by atoms with Crippen LogP contribution in [0.1, 0.15) is 27.7 Å². The van der Waals surface area contributed by atoms with Gasteiger partial charge in [-0.3, -0.25) is 0 Å². The van der Waals surface area contributed by atoms with E-state index in [2.05, 4.69) is 0 Å². The fraction of sp³-hybridized carbons (Fsp3) is 0.700. The SMILES string of the molecule is CC(/C=C/CCl)OC(=O)OC(C)(C)C. The van der Waals surface area contributed by atoms with Crippen LogP contribution < -0.4 is 0 Å². The van der Waals surface area contributed by atoms with Crippen molar-refractivity contribution in [2.45, 2.75) is 39.4 Å². The first-order valence-electron chi connectivity index (χ1n) is 4.47. The number of allylic oxidation sites excluding steroid dienone is 1. The van der Waals surface area contributed by atoms with Crippen LogP contribution in [0, 0.1) is 0 Å². The van der Waals surface area contributed by atoms with Crippen LogP contribution in [0.25, 0.3) is 0 Å². The van der Waals surface area contributed by atoms with E-state index in [0.717, 1.165) is 0 Å². The topological polar surface area (TPSA) is 35.5 Å². The molecular weight excluding hydrogens is 204 g/mol. The van der Waals surface area contributed by atoms with Gasteiger partial charge in [0.15, 0.2) is 0 Å². The lowest BCUT2D eigenvalue weighted by Gasteiger charge is -2.19. The van der Waals surface area contributed by atoms with E-state index in [1.807, 2.05) is 0 Å². The van der Waals surface area contributed by atoms with E-state index in [-0.39, 0.29) is 6.10 Å². The molecule has 0 spiro atoms. The van der Waals surface area contributed by atoms with Crippen LogP contribution in [0.3, 0.4) is 0 Å². The van der Waals surface area contributed by atoms with Crippen LogP contribution in [-0.2, 0) is 9.47 Å². The number of rotatable bonds is 3. The van der Waals surface area contributed by atoms with Crippen LogP contribution in [-0.4, -0.2) is 23.7 Å². The van der Waals surface area contributed by atoms with Gasteiger partial charge in [-0.15, -0.1) is 11.6 Å². The molecule has 0 radical (unpaired) electrons. The predicted molar refractivity (Wildman–Crippen MR) is 56.6 cm³/mol. The molecule has 3 nitrogen and oxygen atoms in total. The Morgan fingerprint density at radius 2 is 2.07 bits per heavy atom. The summed E-state index contributed by atoms with van der Waals surface area (Å²) in [5.41, 5.74) is -0.521. The van der Waals surface area contributed by atoms with Crippen LogP contribution in [0.15, 0.2) is 12.2 Å². The Labute approximate surface area is 90.0 Å². The summed E-state index contributed by atoms with van der Waals surface area (Å²) < 4.78 is 9.88. The number of carbonyl (C=O) groups is 1. The number of alkyl halides is 1. The van der Waals surface area contributed by atoms with E-state index in [1.54, 1.807) is 39.8 Å². The highest BCUT2D eigenvalue weighted by Gasteiger charge is 2.18. The van der Waals surface area contributed by atoms with Crippen molar-refractivity contribution < 1.29 is 14.3 Å². The molecule has 0 saturated heterocycles. The van der Waals surface area contributed by atoms with Crippen molar-refractivity contribution in [3.63, 3.8) is 0 Å². The molecule has 0 saturated carbocycles. The molecule has 82 valence electrons. The van der Waals surface area contributed by atoms with E-state index in [4.69, 9.17) is 21.1 Å². The maximum absolute atomic E-state index is 11.1. The van der Waals surface area contributed by atoms with Crippen LogP contribution in [0.5, 0.6) is 0 Å². The quantitative estimate of drug-likeness (QED) is 0.417. The highest BCUT2D eigenvalue weighted by Crippen LogP contribution is 2.09. The van der Waals surface area contributed by atoms with E-state index < -0.39 is 11.8 Å². The first kappa shape index (κ1) is 13.3. The molecule has 0 aliphatic rings. The molecular formula is C10H17ClO3. The summed E-state index contributed by atoms with van der Waals surface area (Å²) in [5.74, 6) is 0.405. The maximum atomic E-state index is 11.1. The van der Waals surface area contributed by atoms with Gasteiger partial charge in [0, 0.05) is 5.88 Å². The van der Waals surface area contributed by atoms with Gasteiger partial charge < -0.3 is 9.47 Å². The van der Waals surface area contributed by atoms with Crippen molar-refractivity contribution in [1.82, 2.24) is 0 Å². The molecule has 0 fully saturated rings. The molecule has 0 aromatic heterocycles. The average Bonchev–Trinajstić information content (AvgIpc) is 1.96. The molecule has 0 aliphatic carbocycles. The molecule has 0 heterocycles. The number of hydrogen-bond donors (Lipinski definition) is 0. The Hall–Kier alpha value is -0.700. The molecule has 0 aliphatic heterocycles. The summed E-state index contributed by atoms with van der Waals surface area (Å²) in [7, 11) is 0. The number of halogens is 1.